The number of fused-ring (bicyclic) bond motifs is 2. The Morgan fingerprint density at radius 3 is 2.92 bits per heavy atom. The van der Waals surface area contributed by atoms with Gasteiger partial charge in [0.2, 0.25) is 0 Å². The molecule has 0 spiro atoms. The first-order chi connectivity index (χ1) is 11.4. The molecule has 3 rings (SSSR count). The highest BCUT2D eigenvalue weighted by atomic mass is 16.6. The zero-order valence-electron chi connectivity index (χ0n) is 14.7. The smallest absolute Gasteiger partial charge is 0.334 e. The molecule has 132 valence electrons. The molecule has 0 aromatic heterocycles. The lowest BCUT2D eigenvalue weighted by Crippen LogP contribution is -2.21. The quantitative estimate of drug-likeness (QED) is 0.346. The van der Waals surface area contributed by atoms with Gasteiger partial charge in [-0.25, -0.2) is 4.79 Å². The minimum absolute atomic E-state index is 0.0548. The second-order valence-corrected chi connectivity index (χ2v) is 7.58. The standard InChI is InChI=1S/C20H28O4/c1-13-6-4-7-15(12-21)8-5-9-20(3)18(24-20)11-16-14(2)19(22)23-17(16)10-13/h6,8,16-18,21H,2,4-5,7,9-12H2,1,3H3/b13-6+,15-8-/t16-,17+,18-,20-/m1/s1. The zero-order valence-corrected chi connectivity index (χ0v) is 14.7. The van der Waals surface area contributed by atoms with Crippen molar-refractivity contribution in [3.63, 3.8) is 0 Å². The first kappa shape index (κ1) is 17.4. The molecule has 4 heteroatoms. The molecule has 0 radical (unpaired) electrons. The highest BCUT2D eigenvalue weighted by Crippen LogP contribution is 2.47. The lowest BCUT2D eigenvalue weighted by molar-refractivity contribution is -0.139. The number of carbonyl (C=O) groups excluding carboxylic acids is 1. The highest BCUT2D eigenvalue weighted by Gasteiger charge is 2.54. The maximum absolute atomic E-state index is 12.0. The van der Waals surface area contributed by atoms with Crippen molar-refractivity contribution in [3.8, 4) is 0 Å². The molecule has 0 aromatic rings. The van der Waals surface area contributed by atoms with Crippen molar-refractivity contribution in [2.24, 2.45) is 5.92 Å². The van der Waals surface area contributed by atoms with E-state index >= 15 is 0 Å². The van der Waals surface area contributed by atoms with E-state index in [9.17, 15) is 9.90 Å². The summed E-state index contributed by atoms with van der Waals surface area (Å²) in [6, 6.07) is 0. The van der Waals surface area contributed by atoms with Gasteiger partial charge in [0, 0.05) is 17.9 Å². The number of hydrogen-bond acceptors (Lipinski definition) is 4. The van der Waals surface area contributed by atoms with Crippen LogP contribution in [0.2, 0.25) is 0 Å². The van der Waals surface area contributed by atoms with E-state index in [-0.39, 0.29) is 36.3 Å². The van der Waals surface area contributed by atoms with Crippen LogP contribution in [0.4, 0.5) is 0 Å². The van der Waals surface area contributed by atoms with Gasteiger partial charge in [0.15, 0.2) is 0 Å². The molecule has 0 unspecified atom stereocenters. The first-order valence-electron chi connectivity index (χ1n) is 8.95. The van der Waals surface area contributed by atoms with Crippen molar-refractivity contribution in [1.29, 1.82) is 0 Å². The molecule has 1 aliphatic carbocycles. The third-order valence-electron chi connectivity index (χ3n) is 5.68. The van der Waals surface area contributed by atoms with Gasteiger partial charge in [-0.15, -0.1) is 0 Å². The molecule has 2 aliphatic heterocycles. The van der Waals surface area contributed by atoms with Gasteiger partial charge in [0.05, 0.1) is 18.3 Å². The van der Waals surface area contributed by atoms with E-state index in [0.717, 1.165) is 44.1 Å². The number of hydrogen-bond donors (Lipinski definition) is 1. The lowest BCUT2D eigenvalue weighted by atomic mass is 9.85. The van der Waals surface area contributed by atoms with Gasteiger partial charge < -0.3 is 14.6 Å². The molecular weight excluding hydrogens is 304 g/mol. The maximum Gasteiger partial charge on any atom is 0.334 e. The molecule has 4 atom stereocenters. The van der Waals surface area contributed by atoms with E-state index < -0.39 is 0 Å². The van der Waals surface area contributed by atoms with Crippen LogP contribution in [-0.2, 0) is 14.3 Å². The summed E-state index contributed by atoms with van der Waals surface area (Å²) in [6.45, 7) is 8.29. The summed E-state index contributed by atoms with van der Waals surface area (Å²) in [7, 11) is 0. The van der Waals surface area contributed by atoms with Gasteiger partial charge in [0.1, 0.15) is 6.10 Å². The monoisotopic (exact) mass is 332 g/mol. The fourth-order valence-corrected chi connectivity index (χ4v) is 3.90. The van der Waals surface area contributed by atoms with Gasteiger partial charge in [-0.2, -0.15) is 0 Å². The van der Waals surface area contributed by atoms with E-state index in [4.69, 9.17) is 9.47 Å². The Morgan fingerprint density at radius 2 is 2.17 bits per heavy atom. The molecule has 4 nitrogen and oxygen atoms in total. The average Bonchev–Trinajstić information content (AvgIpc) is 3.10. The molecule has 24 heavy (non-hydrogen) atoms. The zero-order chi connectivity index (χ0) is 17.3. The third kappa shape index (κ3) is 3.65. The molecule has 2 saturated heterocycles. The first-order valence-corrected chi connectivity index (χ1v) is 8.95. The van der Waals surface area contributed by atoms with Crippen LogP contribution in [-0.4, -0.2) is 35.5 Å². The fourth-order valence-electron chi connectivity index (χ4n) is 3.90. The van der Waals surface area contributed by atoms with E-state index in [2.05, 4.69) is 32.6 Å². The Bertz CT molecular complexity index is 588. The number of aliphatic hydroxyl groups excluding tert-OH is 1. The largest absolute Gasteiger partial charge is 0.458 e. The fraction of sp³-hybridized carbons (Fsp3) is 0.650. The summed E-state index contributed by atoms with van der Waals surface area (Å²) < 4.78 is 11.5. The second-order valence-electron chi connectivity index (χ2n) is 7.58. The number of ether oxygens (including phenoxy) is 2. The number of esters is 1. The Morgan fingerprint density at radius 1 is 1.38 bits per heavy atom. The van der Waals surface area contributed by atoms with E-state index in [1.165, 1.54) is 5.57 Å². The normalized spacial score (nSPS) is 41.9. The van der Waals surface area contributed by atoms with Crippen LogP contribution in [0.25, 0.3) is 0 Å². The SMILES string of the molecule is C=C1C(=O)O[C@H]2C/C(C)=C/CC/C(CO)=C/CC[C@@]3(C)O[C@@H]3C[C@H]12. The average molecular weight is 332 g/mol. The Kier molecular flexibility index (Phi) is 4.97. The number of carbonyl (C=O) groups is 1. The molecule has 1 N–H and O–H groups in total. The summed E-state index contributed by atoms with van der Waals surface area (Å²) in [5.41, 5.74) is 2.79. The Hall–Kier alpha value is -1.39. The van der Waals surface area contributed by atoms with Gasteiger partial charge >= 0.3 is 5.97 Å². The summed E-state index contributed by atoms with van der Waals surface area (Å²) in [5.74, 6) is -0.201. The molecular formula is C20H28O4. The van der Waals surface area contributed by atoms with Crippen LogP contribution >= 0.6 is 0 Å². The highest BCUT2D eigenvalue weighted by molar-refractivity contribution is 5.90. The van der Waals surface area contributed by atoms with Crippen LogP contribution in [0.1, 0.15) is 52.4 Å². The minimum Gasteiger partial charge on any atom is -0.458 e. The van der Waals surface area contributed by atoms with Crippen molar-refractivity contribution in [3.05, 3.63) is 35.5 Å². The van der Waals surface area contributed by atoms with Gasteiger partial charge in [0.25, 0.3) is 0 Å². The van der Waals surface area contributed by atoms with Crippen LogP contribution in [0.3, 0.4) is 0 Å². The summed E-state index contributed by atoms with van der Waals surface area (Å²) >= 11 is 0. The lowest BCUT2D eigenvalue weighted by Gasteiger charge is -2.18. The molecule has 2 heterocycles. The molecule has 0 saturated carbocycles. The summed E-state index contributed by atoms with van der Waals surface area (Å²) in [5, 5.41) is 9.50. The van der Waals surface area contributed by atoms with E-state index in [0.29, 0.717) is 5.57 Å². The summed E-state index contributed by atoms with van der Waals surface area (Å²) in [4.78, 5) is 12.0. The Labute approximate surface area is 144 Å². The number of aliphatic hydroxyl groups is 1. The van der Waals surface area contributed by atoms with Crippen LogP contribution in [0, 0.1) is 5.92 Å². The minimum atomic E-state index is -0.256. The van der Waals surface area contributed by atoms with Crippen molar-refractivity contribution in [1.82, 2.24) is 0 Å². The maximum atomic E-state index is 12.0. The van der Waals surface area contributed by atoms with Crippen molar-refractivity contribution in [2.45, 2.75) is 70.2 Å². The molecule has 0 amide bonds. The van der Waals surface area contributed by atoms with Crippen molar-refractivity contribution < 1.29 is 19.4 Å². The van der Waals surface area contributed by atoms with Crippen molar-refractivity contribution >= 4 is 5.97 Å². The second kappa shape index (κ2) is 6.85. The molecule has 0 bridgehead atoms. The van der Waals surface area contributed by atoms with Gasteiger partial charge in [-0.1, -0.05) is 24.3 Å². The predicted octanol–water partition coefficient (Wildman–Crippen LogP) is 3.46. The van der Waals surface area contributed by atoms with E-state index in [1.807, 2.05) is 0 Å². The molecule has 0 aromatic carbocycles. The topological polar surface area (TPSA) is 59.1 Å². The Balaban J connectivity index is 1.78. The van der Waals surface area contributed by atoms with Gasteiger partial charge in [-0.05, 0) is 51.5 Å². The van der Waals surface area contributed by atoms with Crippen molar-refractivity contribution in [2.75, 3.05) is 6.61 Å². The number of rotatable bonds is 1. The number of epoxide rings is 1. The molecule has 3 aliphatic rings. The van der Waals surface area contributed by atoms with Crippen LogP contribution < -0.4 is 0 Å². The van der Waals surface area contributed by atoms with E-state index in [1.54, 1.807) is 0 Å². The van der Waals surface area contributed by atoms with Crippen LogP contribution in [0.5, 0.6) is 0 Å². The summed E-state index contributed by atoms with van der Waals surface area (Å²) in [6.07, 6.45) is 9.57. The molecule has 2 fully saturated rings. The predicted molar refractivity (Wildman–Crippen MR) is 92.4 cm³/mol. The van der Waals surface area contributed by atoms with Crippen LogP contribution in [0.15, 0.2) is 35.5 Å². The number of allylic oxidation sites excluding steroid dienone is 2. The van der Waals surface area contributed by atoms with Gasteiger partial charge in [-0.3, -0.25) is 0 Å². The third-order valence-corrected chi connectivity index (χ3v) is 5.68.